The van der Waals surface area contributed by atoms with Crippen molar-refractivity contribution in [3.05, 3.63) is 86.7 Å². The molecule has 1 heterocycles. The molecule has 2 aromatic carbocycles. The van der Waals surface area contributed by atoms with E-state index >= 15 is 0 Å². The van der Waals surface area contributed by atoms with Crippen molar-refractivity contribution in [2.45, 2.75) is 20.4 Å². The lowest BCUT2D eigenvalue weighted by Gasteiger charge is -2.12. The minimum absolute atomic E-state index is 0.0194. The number of nitriles is 1. The number of nitrogens with one attached hydrogen (secondary N) is 1. The summed E-state index contributed by atoms with van der Waals surface area (Å²) in [5, 5.41) is 13.5. The maximum absolute atomic E-state index is 12.6. The molecule has 31 heavy (non-hydrogen) atoms. The van der Waals surface area contributed by atoms with Gasteiger partial charge in [0.1, 0.15) is 17.4 Å². The van der Waals surface area contributed by atoms with Gasteiger partial charge in [-0.05, 0) is 67.4 Å². The molecule has 5 nitrogen and oxygen atoms in total. The molecule has 0 saturated carbocycles. The zero-order valence-corrected chi connectivity index (χ0v) is 18.9. The maximum Gasteiger partial charge on any atom is 0.262 e. The quantitative estimate of drug-likeness (QED) is 0.388. The minimum atomic E-state index is -0.441. The Hall–Kier alpha value is -3.20. The predicted octanol–water partition coefficient (Wildman–Crippen LogP) is 5.63. The van der Waals surface area contributed by atoms with Gasteiger partial charge >= 0.3 is 0 Å². The summed E-state index contributed by atoms with van der Waals surface area (Å²) in [5.74, 6) is 0.298. The van der Waals surface area contributed by atoms with Gasteiger partial charge in [0.2, 0.25) is 0 Å². The van der Waals surface area contributed by atoms with Crippen molar-refractivity contribution in [2.75, 3.05) is 7.11 Å². The van der Waals surface area contributed by atoms with Crippen LogP contribution in [0.5, 0.6) is 5.75 Å². The highest BCUT2D eigenvalue weighted by atomic mass is 35.5. The number of aryl methyl sites for hydroxylation is 1. The fraction of sp³-hybridized carbons (Fsp3) is 0.167. The highest BCUT2D eigenvalue weighted by molar-refractivity contribution is 6.34. The maximum atomic E-state index is 12.6. The number of amides is 1. The van der Waals surface area contributed by atoms with Crippen LogP contribution in [0.2, 0.25) is 10.0 Å². The van der Waals surface area contributed by atoms with Gasteiger partial charge in [-0.3, -0.25) is 4.79 Å². The van der Waals surface area contributed by atoms with E-state index in [-0.39, 0.29) is 5.57 Å². The van der Waals surface area contributed by atoms with Crippen molar-refractivity contribution in [2.24, 2.45) is 0 Å². The van der Waals surface area contributed by atoms with E-state index in [9.17, 15) is 10.1 Å². The number of methoxy groups -OCH3 is 1. The Balaban J connectivity index is 1.84. The molecule has 0 bridgehead atoms. The molecule has 0 saturated heterocycles. The number of hydrogen-bond acceptors (Lipinski definition) is 3. The summed E-state index contributed by atoms with van der Waals surface area (Å²) in [4.78, 5) is 12.6. The van der Waals surface area contributed by atoms with Gasteiger partial charge in [0.25, 0.3) is 5.91 Å². The molecule has 0 atom stereocenters. The van der Waals surface area contributed by atoms with Crippen molar-refractivity contribution < 1.29 is 9.53 Å². The van der Waals surface area contributed by atoms with E-state index in [4.69, 9.17) is 27.9 Å². The summed E-state index contributed by atoms with van der Waals surface area (Å²) in [6.45, 7) is 4.14. The fourth-order valence-corrected chi connectivity index (χ4v) is 3.66. The Labute approximate surface area is 191 Å². The van der Waals surface area contributed by atoms with Gasteiger partial charge in [-0.15, -0.1) is 0 Å². The molecule has 0 unspecified atom stereocenters. The van der Waals surface area contributed by atoms with Crippen LogP contribution in [0.15, 0.2) is 54.1 Å². The summed E-state index contributed by atoms with van der Waals surface area (Å²) >= 11 is 12.5. The summed E-state index contributed by atoms with van der Waals surface area (Å²) in [7, 11) is 1.60. The Morgan fingerprint density at radius 2 is 1.87 bits per heavy atom. The standard InChI is InChI=1S/C24H21Cl2N3O2/c1-15-10-18(16(2)29(15)23-12-20(25)6-9-22(23)26)11-19(13-27)24(30)28-14-17-4-7-21(31-3)8-5-17/h4-12H,14H2,1-3H3,(H,28,30)/b19-11-. The SMILES string of the molecule is COc1ccc(CNC(=O)/C(C#N)=C\c2cc(C)n(-c3cc(Cl)ccc3Cl)c2C)cc1. The Morgan fingerprint density at radius 3 is 2.52 bits per heavy atom. The van der Waals surface area contributed by atoms with Crippen LogP contribution in [0.1, 0.15) is 22.5 Å². The third-order valence-electron chi connectivity index (χ3n) is 4.90. The first-order valence-electron chi connectivity index (χ1n) is 9.51. The number of carbonyl (C=O) groups is 1. The van der Waals surface area contributed by atoms with Crippen LogP contribution in [0, 0.1) is 25.2 Å². The van der Waals surface area contributed by atoms with E-state index < -0.39 is 5.91 Å². The lowest BCUT2D eigenvalue weighted by molar-refractivity contribution is -0.117. The number of aromatic nitrogens is 1. The Bertz CT molecular complexity index is 1190. The first-order chi connectivity index (χ1) is 14.8. The zero-order chi connectivity index (χ0) is 22.5. The van der Waals surface area contributed by atoms with Gasteiger partial charge in [-0.25, -0.2) is 0 Å². The number of ether oxygens (including phenoxy) is 1. The van der Waals surface area contributed by atoms with Gasteiger partial charge in [-0.2, -0.15) is 5.26 Å². The van der Waals surface area contributed by atoms with Crippen molar-refractivity contribution in [3.63, 3.8) is 0 Å². The molecule has 158 valence electrons. The van der Waals surface area contributed by atoms with Gasteiger partial charge in [0.05, 0.1) is 17.8 Å². The highest BCUT2D eigenvalue weighted by Crippen LogP contribution is 2.29. The number of halogens is 2. The molecule has 0 spiro atoms. The first kappa shape index (κ1) is 22.5. The molecular formula is C24H21Cl2N3O2. The number of rotatable bonds is 6. The van der Waals surface area contributed by atoms with E-state index in [0.717, 1.165) is 34.0 Å². The topological polar surface area (TPSA) is 67.0 Å². The molecule has 3 aromatic rings. The van der Waals surface area contributed by atoms with Crippen LogP contribution in [-0.2, 0) is 11.3 Å². The van der Waals surface area contributed by atoms with Crippen molar-refractivity contribution >= 4 is 35.2 Å². The van der Waals surface area contributed by atoms with Gasteiger partial charge in [0, 0.05) is 23.0 Å². The van der Waals surface area contributed by atoms with Gasteiger partial charge in [0.15, 0.2) is 0 Å². The largest absolute Gasteiger partial charge is 0.497 e. The van der Waals surface area contributed by atoms with Crippen LogP contribution < -0.4 is 10.1 Å². The molecule has 7 heteroatoms. The van der Waals surface area contributed by atoms with Crippen LogP contribution in [0.25, 0.3) is 11.8 Å². The average Bonchev–Trinajstić information content (AvgIpc) is 3.05. The number of nitrogens with zero attached hydrogens (tertiary/aromatic N) is 2. The molecule has 1 amide bonds. The van der Waals surface area contributed by atoms with Crippen LogP contribution >= 0.6 is 23.2 Å². The van der Waals surface area contributed by atoms with E-state index in [1.807, 2.05) is 54.8 Å². The van der Waals surface area contributed by atoms with Gasteiger partial charge < -0.3 is 14.6 Å². The number of hydrogen-bond donors (Lipinski definition) is 1. The fourth-order valence-electron chi connectivity index (χ4n) is 3.29. The normalized spacial score (nSPS) is 11.2. The molecule has 0 radical (unpaired) electrons. The molecular weight excluding hydrogens is 433 g/mol. The third-order valence-corrected chi connectivity index (χ3v) is 5.45. The monoisotopic (exact) mass is 453 g/mol. The smallest absolute Gasteiger partial charge is 0.262 e. The molecule has 1 N–H and O–H groups in total. The van der Waals surface area contributed by atoms with Crippen LogP contribution in [-0.4, -0.2) is 17.6 Å². The van der Waals surface area contributed by atoms with E-state index in [2.05, 4.69) is 5.32 Å². The van der Waals surface area contributed by atoms with Crippen molar-refractivity contribution in [1.29, 1.82) is 5.26 Å². The van der Waals surface area contributed by atoms with E-state index in [0.29, 0.717) is 16.6 Å². The average molecular weight is 454 g/mol. The third kappa shape index (κ3) is 5.11. The summed E-state index contributed by atoms with van der Waals surface area (Å²) in [5.41, 5.74) is 4.17. The number of carbonyl (C=O) groups excluding carboxylic acids is 1. The first-order valence-corrected chi connectivity index (χ1v) is 10.3. The van der Waals surface area contributed by atoms with Gasteiger partial charge in [-0.1, -0.05) is 35.3 Å². The van der Waals surface area contributed by atoms with Crippen molar-refractivity contribution in [3.8, 4) is 17.5 Å². The molecule has 0 aliphatic heterocycles. The summed E-state index contributed by atoms with van der Waals surface area (Å²) in [6.07, 6.45) is 1.58. The molecule has 1 aromatic heterocycles. The molecule has 0 fully saturated rings. The Morgan fingerprint density at radius 1 is 1.16 bits per heavy atom. The second-order valence-corrected chi connectivity index (χ2v) is 7.80. The predicted molar refractivity (Wildman–Crippen MR) is 124 cm³/mol. The van der Waals surface area contributed by atoms with E-state index in [1.54, 1.807) is 31.4 Å². The lowest BCUT2D eigenvalue weighted by atomic mass is 10.1. The number of benzene rings is 2. The van der Waals surface area contributed by atoms with Crippen molar-refractivity contribution in [1.82, 2.24) is 9.88 Å². The van der Waals surface area contributed by atoms with E-state index in [1.165, 1.54) is 0 Å². The highest BCUT2D eigenvalue weighted by Gasteiger charge is 2.15. The zero-order valence-electron chi connectivity index (χ0n) is 17.4. The summed E-state index contributed by atoms with van der Waals surface area (Å²) in [6, 6.07) is 16.5. The summed E-state index contributed by atoms with van der Waals surface area (Å²) < 4.78 is 7.08. The van der Waals surface area contributed by atoms with Crippen LogP contribution in [0.3, 0.4) is 0 Å². The minimum Gasteiger partial charge on any atom is -0.497 e. The molecule has 0 aliphatic rings. The second-order valence-electron chi connectivity index (χ2n) is 6.96. The van der Waals surface area contributed by atoms with Crippen LogP contribution in [0.4, 0.5) is 0 Å². The Kier molecular flexibility index (Phi) is 7.06. The lowest BCUT2D eigenvalue weighted by Crippen LogP contribution is -2.23. The molecule has 0 aliphatic carbocycles. The second kappa shape index (κ2) is 9.74. The molecule has 3 rings (SSSR count).